The number of urea groups is 1. The molecule has 0 spiro atoms. The Morgan fingerprint density at radius 1 is 0.958 bits per heavy atom. The number of hydrogen-bond donors (Lipinski definition) is 3. The van der Waals surface area contributed by atoms with E-state index in [2.05, 4.69) is 50.6 Å². The number of unbranched alkanes of at least 4 members (excludes halogenated alkanes) is 1. The predicted octanol–water partition coefficient (Wildman–Crippen LogP) is 8.73. The van der Waals surface area contributed by atoms with Crippen LogP contribution >= 0.6 is 11.8 Å². The lowest BCUT2D eigenvalue weighted by Gasteiger charge is -2.27. The molecule has 10 heteroatoms. The van der Waals surface area contributed by atoms with Crippen LogP contribution in [0.4, 0.5) is 16.2 Å². The highest BCUT2D eigenvalue weighted by molar-refractivity contribution is 7.98. The number of carbonyl (C=O) groups excluding carboxylic acids is 2. The zero-order valence-corrected chi connectivity index (χ0v) is 31.8. The molecule has 0 aromatic heterocycles. The summed E-state index contributed by atoms with van der Waals surface area (Å²) in [6, 6.07) is 13.0. The summed E-state index contributed by atoms with van der Waals surface area (Å²) in [6.07, 6.45) is 13.4. The van der Waals surface area contributed by atoms with Crippen molar-refractivity contribution in [3.05, 3.63) is 54.1 Å². The Hall–Kier alpha value is -2.72. The van der Waals surface area contributed by atoms with Gasteiger partial charge in [0.05, 0.1) is 10.6 Å². The molecule has 0 aliphatic heterocycles. The van der Waals surface area contributed by atoms with Crippen molar-refractivity contribution in [3.63, 3.8) is 0 Å². The normalized spacial score (nSPS) is 15.4. The minimum atomic E-state index is -3.81. The average Bonchev–Trinajstić information content (AvgIpc) is 3.07. The van der Waals surface area contributed by atoms with Crippen molar-refractivity contribution in [2.45, 2.75) is 122 Å². The summed E-state index contributed by atoms with van der Waals surface area (Å²) >= 11 is 1.68. The van der Waals surface area contributed by atoms with Gasteiger partial charge in [0.25, 0.3) is 10.0 Å². The number of sulfonamides is 1. The van der Waals surface area contributed by atoms with Crippen LogP contribution in [0.2, 0.25) is 0 Å². The maximum atomic E-state index is 13.9. The second kappa shape index (κ2) is 19.5. The second-order valence-corrected chi connectivity index (χ2v) is 17.1. The van der Waals surface area contributed by atoms with Gasteiger partial charge in [-0.3, -0.25) is 9.10 Å². The third-order valence-corrected chi connectivity index (χ3v) is 12.0. The fourth-order valence-electron chi connectivity index (χ4n) is 6.33. The molecule has 1 unspecified atom stereocenters. The second-order valence-electron chi connectivity index (χ2n) is 14.3. The largest absolute Gasteiger partial charge is 0.354 e. The average molecular weight is 701 g/mol. The van der Waals surface area contributed by atoms with Crippen molar-refractivity contribution in [2.24, 2.45) is 11.8 Å². The van der Waals surface area contributed by atoms with Crippen molar-refractivity contribution >= 4 is 45.1 Å². The molecule has 2 atom stereocenters. The van der Waals surface area contributed by atoms with Crippen LogP contribution in [0.15, 0.2) is 53.4 Å². The quantitative estimate of drug-likeness (QED) is 0.135. The molecule has 48 heavy (non-hydrogen) atoms. The fraction of sp³-hybridized carbons (Fsp3) is 0.632. The molecule has 0 heterocycles. The first-order chi connectivity index (χ1) is 22.9. The maximum Gasteiger partial charge on any atom is 0.319 e. The molecule has 0 bridgehead atoms. The van der Waals surface area contributed by atoms with Gasteiger partial charge in [-0.1, -0.05) is 98.1 Å². The Morgan fingerprint density at radius 2 is 1.62 bits per heavy atom. The molecule has 1 aliphatic rings. The van der Waals surface area contributed by atoms with Crippen LogP contribution in [0.3, 0.4) is 0 Å². The Kier molecular flexibility index (Phi) is 16.1. The lowest BCUT2D eigenvalue weighted by molar-refractivity contribution is -0.123. The minimum absolute atomic E-state index is 0.0818. The first-order valence-electron chi connectivity index (χ1n) is 18.0. The summed E-state index contributed by atoms with van der Waals surface area (Å²) in [5.41, 5.74) is 2.04. The highest BCUT2D eigenvalue weighted by Crippen LogP contribution is 2.30. The van der Waals surface area contributed by atoms with E-state index in [0.29, 0.717) is 49.1 Å². The molecule has 3 amide bonds. The maximum absolute atomic E-state index is 13.9. The predicted molar refractivity (Wildman–Crippen MR) is 203 cm³/mol. The van der Waals surface area contributed by atoms with Gasteiger partial charge in [-0.25, -0.2) is 13.2 Å². The number of anilines is 2. The molecule has 3 rings (SSSR count). The summed E-state index contributed by atoms with van der Waals surface area (Å²) < 4.78 is 29.2. The fourth-order valence-corrected chi connectivity index (χ4v) is 8.25. The summed E-state index contributed by atoms with van der Waals surface area (Å²) in [5, 5.41) is 8.97. The Bertz CT molecular complexity index is 1370. The van der Waals surface area contributed by atoms with Crippen molar-refractivity contribution in [3.8, 4) is 0 Å². The van der Waals surface area contributed by atoms with E-state index in [1.807, 2.05) is 18.4 Å². The third-order valence-electron chi connectivity index (χ3n) is 9.46. The molecule has 0 radical (unpaired) electrons. The highest BCUT2D eigenvalue weighted by atomic mass is 32.2. The lowest BCUT2D eigenvalue weighted by atomic mass is 9.84. The van der Waals surface area contributed by atoms with Crippen molar-refractivity contribution in [1.82, 2.24) is 10.6 Å². The smallest absolute Gasteiger partial charge is 0.319 e. The number of benzene rings is 2. The molecular formula is C38H60N4O4S2. The molecule has 1 fully saturated rings. The highest BCUT2D eigenvalue weighted by Gasteiger charge is 2.28. The monoisotopic (exact) mass is 700 g/mol. The molecular weight excluding hydrogens is 641 g/mol. The number of amides is 3. The zero-order chi connectivity index (χ0) is 35.2. The SMILES string of the molecule is CCCCC(CC)CNC(=O)[C@@H](CC1CCCCC1)NC(=O)Nc1ccc(N(CCCSC)S(=O)(=O)c2ccc(C(C)(C)C)cc2)cc1. The molecule has 2 aromatic carbocycles. The van der Waals surface area contributed by atoms with E-state index >= 15 is 0 Å². The van der Waals surface area contributed by atoms with Gasteiger partial charge in [-0.05, 0) is 90.5 Å². The molecule has 268 valence electrons. The summed E-state index contributed by atoms with van der Waals surface area (Å²) in [7, 11) is -3.81. The Labute approximate surface area is 295 Å². The van der Waals surface area contributed by atoms with E-state index < -0.39 is 22.1 Å². The van der Waals surface area contributed by atoms with Gasteiger partial charge in [0.1, 0.15) is 6.04 Å². The molecule has 0 saturated heterocycles. The Morgan fingerprint density at radius 3 is 2.21 bits per heavy atom. The minimum Gasteiger partial charge on any atom is -0.354 e. The van der Waals surface area contributed by atoms with Crippen LogP contribution in [0.25, 0.3) is 0 Å². The number of carbonyl (C=O) groups is 2. The van der Waals surface area contributed by atoms with Crippen LogP contribution in [-0.4, -0.2) is 51.5 Å². The zero-order valence-electron chi connectivity index (χ0n) is 30.1. The summed E-state index contributed by atoms with van der Waals surface area (Å²) in [4.78, 5) is 26.9. The van der Waals surface area contributed by atoms with E-state index in [1.165, 1.54) is 23.6 Å². The van der Waals surface area contributed by atoms with E-state index in [1.54, 1.807) is 48.2 Å². The van der Waals surface area contributed by atoms with Gasteiger partial charge < -0.3 is 16.0 Å². The van der Waals surface area contributed by atoms with Crippen molar-refractivity contribution in [1.29, 1.82) is 0 Å². The summed E-state index contributed by atoms with van der Waals surface area (Å²) in [6.45, 7) is 11.6. The lowest BCUT2D eigenvalue weighted by Crippen LogP contribution is -2.50. The van der Waals surface area contributed by atoms with Gasteiger partial charge in [-0.15, -0.1) is 0 Å². The van der Waals surface area contributed by atoms with E-state index in [9.17, 15) is 18.0 Å². The van der Waals surface area contributed by atoms with Gasteiger partial charge >= 0.3 is 6.03 Å². The van der Waals surface area contributed by atoms with Crippen LogP contribution in [0.5, 0.6) is 0 Å². The van der Waals surface area contributed by atoms with Gasteiger partial charge in [0.2, 0.25) is 5.91 Å². The van der Waals surface area contributed by atoms with Crippen molar-refractivity contribution in [2.75, 3.05) is 34.7 Å². The number of thioether (sulfide) groups is 1. The van der Waals surface area contributed by atoms with Gasteiger partial charge in [0.15, 0.2) is 0 Å². The number of nitrogens with one attached hydrogen (secondary N) is 3. The standard InChI is InChI=1S/C38H60N4O4S2/c1-7-9-14-29(8-2)28-39-36(43)35(27-30-15-11-10-12-16-30)41-37(44)40-32-19-21-33(22-20-32)42(25-13-26-47-6)48(45,46)34-23-17-31(18-24-34)38(3,4)5/h17-24,29-30,35H,7-16,25-28H2,1-6H3,(H,39,43)(H2,40,41,44)/t29?,35-/m1/s1. The van der Waals surface area contributed by atoms with Gasteiger partial charge in [-0.2, -0.15) is 11.8 Å². The molecule has 8 nitrogen and oxygen atoms in total. The number of hydrogen-bond acceptors (Lipinski definition) is 5. The molecule has 1 aliphatic carbocycles. The third kappa shape index (κ3) is 12.3. The van der Waals surface area contributed by atoms with Crippen LogP contribution in [-0.2, 0) is 20.2 Å². The van der Waals surface area contributed by atoms with E-state index in [0.717, 1.165) is 49.8 Å². The van der Waals surface area contributed by atoms with Crippen LogP contribution in [0.1, 0.15) is 111 Å². The first kappa shape index (κ1) is 39.7. The van der Waals surface area contributed by atoms with E-state index in [-0.39, 0.29) is 16.2 Å². The van der Waals surface area contributed by atoms with Crippen LogP contribution < -0.4 is 20.3 Å². The molecule has 3 N–H and O–H groups in total. The van der Waals surface area contributed by atoms with E-state index in [4.69, 9.17) is 0 Å². The molecule has 2 aromatic rings. The topological polar surface area (TPSA) is 108 Å². The number of rotatable bonds is 18. The van der Waals surface area contributed by atoms with Crippen LogP contribution in [0, 0.1) is 11.8 Å². The number of nitrogens with zero attached hydrogens (tertiary/aromatic N) is 1. The first-order valence-corrected chi connectivity index (χ1v) is 20.8. The van der Waals surface area contributed by atoms with Crippen molar-refractivity contribution < 1.29 is 18.0 Å². The van der Waals surface area contributed by atoms with Gasteiger partial charge in [0, 0.05) is 18.8 Å². The summed E-state index contributed by atoms with van der Waals surface area (Å²) in [5.74, 6) is 1.56. The molecule has 1 saturated carbocycles. The Balaban J connectivity index is 1.73.